The van der Waals surface area contributed by atoms with E-state index in [2.05, 4.69) is 0 Å². The van der Waals surface area contributed by atoms with Gasteiger partial charge < -0.3 is 24.1 Å². The molecule has 2 saturated heterocycles. The molecule has 2 aliphatic rings. The van der Waals surface area contributed by atoms with E-state index < -0.39 is 0 Å². The molecule has 2 heterocycles. The van der Waals surface area contributed by atoms with Crippen molar-refractivity contribution in [3.05, 3.63) is 29.8 Å². The molecular formula is C15H20O5. The van der Waals surface area contributed by atoms with Gasteiger partial charge in [-0.05, 0) is 25.0 Å². The molecule has 0 amide bonds. The molecule has 20 heavy (non-hydrogen) atoms. The highest BCUT2D eigenvalue weighted by Gasteiger charge is 2.38. The zero-order valence-electron chi connectivity index (χ0n) is 11.5. The van der Waals surface area contributed by atoms with Gasteiger partial charge in [-0.3, -0.25) is 0 Å². The smallest absolute Gasteiger partial charge is 0.184 e. The van der Waals surface area contributed by atoms with Crippen LogP contribution in [0.1, 0.15) is 24.7 Å². The summed E-state index contributed by atoms with van der Waals surface area (Å²) in [5, 5.41) is 9.14. The summed E-state index contributed by atoms with van der Waals surface area (Å²) in [5.41, 5.74) is 0.980. The number of aliphatic hydroxyl groups is 1. The second-order valence-electron chi connectivity index (χ2n) is 5.17. The second-order valence-corrected chi connectivity index (χ2v) is 5.17. The van der Waals surface area contributed by atoms with Crippen LogP contribution >= 0.6 is 0 Å². The standard InChI is InChI=1S/C15H20O5/c1-17-11-4-2-10(3-5-11)15-18-9-14-13(20-15)7-6-12(8-16)19-14/h2-5,12-16H,6-9H2,1H3/t12-,13-,14+,15?/m0/s1. The Hall–Kier alpha value is -1.14. The van der Waals surface area contributed by atoms with Crippen LogP contribution in [0.3, 0.4) is 0 Å². The maximum atomic E-state index is 9.14. The summed E-state index contributed by atoms with van der Waals surface area (Å²) in [5.74, 6) is 0.814. The first kappa shape index (κ1) is 13.8. The number of hydrogen-bond donors (Lipinski definition) is 1. The van der Waals surface area contributed by atoms with E-state index in [4.69, 9.17) is 24.1 Å². The van der Waals surface area contributed by atoms with Gasteiger partial charge in [0, 0.05) is 5.56 Å². The summed E-state index contributed by atoms with van der Waals surface area (Å²) in [6.07, 6.45) is 1.25. The molecule has 5 nitrogen and oxygen atoms in total. The molecule has 1 aromatic carbocycles. The minimum atomic E-state index is -0.351. The number of fused-ring (bicyclic) bond motifs is 1. The zero-order chi connectivity index (χ0) is 13.9. The topological polar surface area (TPSA) is 57.2 Å². The molecule has 0 aromatic heterocycles. The molecule has 0 saturated carbocycles. The van der Waals surface area contributed by atoms with E-state index in [1.165, 1.54) is 0 Å². The highest BCUT2D eigenvalue weighted by molar-refractivity contribution is 5.28. The van der Waals surface area contributed by atoms with Crippen molar-refractivity contribution >= 4 is 0 Å². The summed E-state index contributed by atoms with van der Waals surface area (Å²) < 4.78 is 22.6. The molecule has 5 heteroatoms. The highest BCUT2D eigenvalue weighted by atomic mass is 16.7. The predicted octanol–water partition coefficient (Wildman–Crippen LogP) is 1.65. The molecule has 4 atom stereocenters. The van der Waals surface area contributed by atoms with Crippen LogP contribution in [-0.2, 0) is 14.2 Å². The SMILES string of the molecule is COc1ccc(C2OC[C@H]3O[C@H](CO)CC[C@@H]3O2)cc1. The Morgan fingerprint density at radius 2 is 1.95 bits per heavy atom. The maximum Gasteiger partial charge on any atom is 0.184 e. The molecule has 0 spiro atoms. The van der Waals surface area contributed by atoms with Crippen molar-refractivity contribution in [2.75, 3.05) is 20.3 Å². The Balaban J connectivity index is 1.64. The van der Waals surface area contributed by atoms with Crippen LogP contribution in [-0.4, -0.2) is 43.7 Å². The van der Waals surface area contributed by atoms with Crippen LogP contribution < -0.4 is 4.74 Å². The molecular weight excluding hydrogens is 260 g/mol. The summed E-state index contributed by atoms with van der Waals surface area (Å²) in [6.45, 7) is 0.559. The lowest BCUT2D eigenvalue weighted by molar-refractivity contribution is -0.289. The average molecular weight is 280 g/mol. The number of hydrogen-bond acceptors (Lipinski definition) is 5. The summed E-state index contributed by atoms with van der Waals surface area (Å²) in [7, 11) is 1.64. The van der Waals surface area contributed by atoms with Crippen LogP contribution in [0.15, 0.2) is 24.3 Å². The highest BCUT2D eigenvalue weighted by Crippen LogP contribution is 2.33. The van der Waals surface area contributed by atoms with Crippen molar-refractivity contribution in [1.82, 2.24) is 0 Å². The van der Waals surface area contributed by atoms with Gasteiger partial charge in [0.05, 0.1) is 32.5 Å². The Labute approximate surface area is 118 Å². The van der Waals surface area contributed by atoms with Crippen molar-refractivity contribution < 1.29 is 24.1 Å². The first-order valence-electron chi connectivity index (χ1n) is 6.97. The molecule has 0 radical (unpaired) electrons. The Bertz CT molecular complexity index is 432. The Kier molecular flexibility index (Phi) is 4.21. The fraction of sp³-hybridized carbons (Fsp3) is 0.600. The van der Waals surface area contributed by atoms with E-state index in [0.717, 1.165) is 24.2 Å². The molecule has 3 rings (SSSR count). The van der Waals surface area contributed by atoms with Gasteiger partial charge in [-0.2, -0.15) is 0 Å². The quantitative estimate of drug-likeness (QED) is 0.912. The third-order valence-electron chi connectivity index (χ3n) is 3.86. The first-order chi connectivity index (χ1) is 9.80. The van der Waals surface area contributed by atoms with Crippen molar-refractivity contribution in [3.63, 3.8) is 0 Å². The third-order valence-corrected chi connectivity index (χ3v) is 3.86. The van der Waals surface area contributed by atoms with Crippen LogP contribution in [0.2, 0.25) is 0 Å². The summed E-state index contributed by atoms with van der Waals surface area (Å²) in [6, 6.07) is 7.69. The molecule has 0 bridgehead atoms. The van der Waals surface area contributed by atoms with Gasteiger partial charge in [-0.25, -0.2) is 0 Å². The third kappa shape index (κ3) is 2.81. The van der Waals surface area contributed by atoms with Gasteiger partial charge >= 0.3 is 0 Å². The van der Waals surface area contributed by atoms with E-state index in [9.17, 15) is 0 Å². The van der Waals surface area contributed by atoms with Crippen LogP contribution in [0, 0.1) is 0 Å². The lowest BCUT2D eigenvalue weighted by Crippen LogP contribution is -2.48. The monoisotopic (exact) mass is 280 g/mol. The van der Waals surface area contributed by atoms with Gasteiger partial charge in [0.2, 0.25) is 0 Å². The van der Waals surface area contributed by atoms with Crippen LogP contribution in [0.25, 0.3) is 0 Å². The second kappa shape index (κ2) is 6.10. The van der Waals surface area contributed by atoms with Gasteiger partial charge in [-0.1, -0.05) is 12.1 Å². The lowest BCUT2D eigenvalue weighted by Gasteiger charge is -2.41. The molecule has 110 valence electrons. The number of rotatable bonds is 3. The van der Waals surface area contributed by atoms with Crippen molar-refractivity contribution in [2.24, 2.45) is 0 Å². The molecule has 2 aliphatic heterocycles. The van der Waals surface area contributed by atoms with E-state index >= 15 is 0 Å². The van der Waals surface area contributed by atoms with Crippen LogP contribution in [0.4, 0.5) is 0 Å². The number of methoxy groups -OCH3 is 1. The minimum absolute atomic E-state index is 0.0404. The molecule has 1 aromatic rings. The normalized spacial score (nSPS) is 33.5. The Morgan fingerprint density at radius 1 is 1.15 bits per heavy atom. The van der Waals surface area contributed by atoms with Gasteiger partial charge in [0.15, 0.2) is 6.29 Å². The van der Waals surface area contributed by atoms with E-state index in [-0.39, 0.29) is 31.2 Å². The number of aliphatic hydroxyl groups excluding tert-OH is 1. The fourth-order valence-electron chi connectivity index (χ4n) is 2.69. The van der Waals surface area contributed by atoms with E-state index in [0.29, 0.717) is 6.61 Å². The largest absolute Gasteiger partial charge is 0.497 e. The molecule has 2 fully saturated rings. The molecule has 1 unspecified atom stereocenters. The number of ether oxygens (including phenoxy) is 4. The fourth-order valence-corrected chi connectivity index (χ4v) is 2.69. The first-order valence-corrected chi connectivity index (χ1v) is 6.97. The van der Waals surface area contributed by atoms with E-state index in [1.54, 1.807) is 7.11 Å². The van der Waals surface area contributed by atoms with Crippen LogP contribution in [0.5, 0.6) is 5.75 Å². The number of benzene rings is 1. The summed E-state index contributed by atoms with van der Waals surface area (Å²) in [4.78, 5) is 0. The minimum Gasteiger partial charge on any atom is -0.497 e. The summed E-state index contributed by atoms with van der Waals surface area (Å²) >= 11 is 0. The Morgan fingerprint density at radius 3 is 2.65 bits per heavy atom. The molecule has 1 N–H and O–H groups in total. The van der Waals surface area contributed by atoms with Crippen molar-refractivity contribution in [2.45, 2.75) is 37.4 Å². The van der Waals surface area contributed by atoms with Crippen molar-refractivity contribution in [3.8, 4) is 5.75 Å². The zero-order valence-corrected chi connectivity index (χ0v) is 11.5. The van der Waals surface area contributed by atoms with Gasteiger partial charge in [0.25, 0.3) is 0 Å². The predicted molar refractivity (Wildman–Crippen MR) is 71.5 cm³/mol. The molecule has 0 aliphatic carbocycles. The lowest BCUT2D eigenvalue weighted by atomic mass is 10.0. The van der Waals surface area contributed by atoms with Gasteiger partial charge in [-0.15, -0.1) is 0 Å². The average Bonchev–Trinajstić information content (AvgIpc) is 2.54. The van der Waals surface area contributed by atoms with Gasteiger partial charge in [0.1, 0.15) is 11.9 Å². The maximum absolute atomic E-state index is 9.14. The van der Waals surface area contributed by atoms with Crippen molar-refractivity contribution in [1.29, 1.82) is 0 Å². The van der Waals surface area contributed by atoms with E-state index in [1.807, 2.05) is 24.3 Å².